The Kier molecular flexibility index (Phi) is 3.75. The van der Waals surface area contributed by atoms with Gasteiger partial charge in [-0.15, -0.1) is 11.3 Å². The number of thiazole rings is 1. The fourth-order valence-electron chi connectivity index (χ4n) is 1.86. The van der Waals surface area contributed by atoms with Gasteiger partial charge in [-0.3, -0.25) is 4.40 Å². The first-order chi connectivity index (χ1) is 10.0. The minimum absolute atomic E-state index is 0.0754. The molecule has 108 valence electrons. The summed E-state index contributed by atoms with van der Waals surface area (Å²) in [7, 11) is 0. The third kappa shape index (κ3) is 2.83. The molecule has 2 heterocycles. The average molecular weight is 343 g/mol. The number of hydrogen-bond donors (Lipinski definition) is 1. The van der Waals surface area contributed by atoms with Gasteiger partial charge in [0.05, 0.1) is 10.7 Å². The molecule has 3 rings (SSSR count). The number of halogens is 2. The van der Waals surface area contributed by atoms with Gasteiger partial charge in [-0.25, -0.2) is 9.78 Å². The van der Waals surface area contributed by atoms with E-state index in [0.717, 1.165) is 4.96 Å². The van der Waals surface area contributed by atoms with Crippen molar-refractivity contribution in [1.29, 1.82) is 0 Å². The average Bonchev–Trinajstić information content (AvgIpc) is 2.97. The lowest BCUT2D eigenvalue weighted by Crippen LogP contribution is -2.04. The van der Waals surface area contributed by atoms with Gasteiger partial charge in [-0.1, -0.05) is 23.2 Å². The number of benzene rings is 1. The van der Waals surface area contributed by atoms with Gasteiger partial charge >= 0.3 is 5.97 Å². The van der Waals surface area contributed by atoms with Crippen molar-refractivity contribution in [2.45, 2.75) is 6.61 Å². The molecule has 0 bridgehead atoms. The van der Waals surface area contributed by atoms with Crippen LogP contribution >= 0.6 is 34.5 Å². The Labute approximate surface area is 133 Å². The molecular weight excluding hydrogens is 335 g/mol. The summed E-state index contributed by atoms with van der Waals surface area (Å²) in [5, 5.41) is 11.5. The predicted octanol–water partition coefficient (Wildman–Crippen LogP) is 3.98. The third-order valence-corrected chi connectivity index (χ3v) is 4.02. The van der Waals surface area contributed by atoms with Gasteiger partial charge in [0.15, 0.2) is 10.7 Å². The summed E-state index contributed by atoms with van der Waals surface area (Å²) < 4.78 is 7.39. The Hall–Kier alpha value is -1.76. The molecule has 0 aliphatic carbocycles. The third-order valence-electron chi connectivity index (χ3n) is 2.75. The molecule has 0 saturated heterocycles. The number of carboxylic acid groups (broad SMARTS) is 1. The molecule has 0 radical (unpaired) electrons. The van der Waals surface area contributed by atoms with Crippen LogP contribution in [0.2, 0.25) is 10.0 Å². The largest absolute Gasteiger partial charge is 0.485 e. The Morgan fingerprint density at radius 1 is 1.43 bits per heavy atom. The van der Waals surface area contributed by atoms with Gasteiger partial charge in [0.2, 0.25) is 0 Å². The first kappa shape index (κ1) is 14.2. The summed E-state index contributed by atoms with van der Waals surface area (Å²) in [6, 6.07) is 2.74. The molecule has 21 heavy (non-hydrogen) atoms. The zero-order chi connectivity index (χ0) is 15.0. The van der Waals surface area contributed by atoms with E-state index >= 15 is 0 Å². The maximum Gasteiger partial charge on any atom is 0.339 e. The summed E-state index contributed by atoms with van der Waals surface area (Å²) in [5.41, 5.74) is 0.609. The smallest absolute Gasteiger partial charge is 0.339 e. The normalized spacial score (nSPS) is 11.0. The van der Waals surface area contributed by atoms with Crippen molar-refractivity contribution in [3.63, 3.8) is 0 Å². The minimum atomic E-state index is -1.15. The van der Waals surface area contributed by atoms with Gasteiger partial charge in [0, 0.05) is 22.8 Å². The molecule has 0 aliphatic heterocycles. The molecule has 3 aromatic rings. The van der Waals surface area contributed by atoms with Crippen molar-refractivity contribution in [2.75, 3.05) is 0 Å². The molecule has 8 heteroatoms. The van der Waals surface area contributed by atoms with Crippen LogP contribution in [0.4, 0.5) is 0 Å². The molecule has 0 atom stereocenters. The van der Waals surface area contributed by atoms with Gasteiger partial charge in [0.25, 0.3) is 0 Å². The number of ether oxygens (including phenoxy) is 1. The molecule has 0 amide bonds. The summed E-state index contributed by atoms with van der Waals surface area (Å²) in [6.07, 6.45) is 3.70. The Bertz CT molecular complexity index is 800. The number of aromatic nitrogens is 2. The fourth-order valence-corrected chi connectivity index (χ4v) is 3.12. The molecule has 0 fully saturated rings. The number of fused-ring (bicyclic) bond motifs is 1. The molecule has 0 saturated carbocycles. The second kappa shape index (κ2) is 5.55. The van der Waals surface area contributed by atoms with E-state index < -0.39 is 5.97 Å². The Balaban J connectivity index is 1.87. The summed E-state index contributed by atoms with van der Waals surface area (Å²) >= 11 is 13.3. The minimum Gasteiger partial charge on any atom is -0.485 e. The van der Waals surface area contributed by atoms with E-state index in [1.807, 2.05) is 22.2 Å². The van der Waals surface area contributed by atoms with Gasteiger partial charge in [-0.05, 0) is 12.1 Å². The van der Waals surface area contributed by atoms with Gasteiger partial charge in [0.1, 0.15) is 12.2 Å². The van der Waals surface area contributed by atoms with E-state index in [4.69, 9.17) is 27.9 Å². The van der Waals surface area contributed by atoms with E-state index in [1.54, 1.807) is 0 Å². The lowest BCUT2D eigenvalue weighted by Gasteiger charge is -2.10. The summed E-state index contributed by atoms with van der Waals surface area (Å²) in [4.78, 5) is 16.4. The zero-order valence-corrected chi connectivity index (χ0v) is 12.7. The first-order valence-electron chi connectivity index (χ1n) is 5.81. The van der Waals surface area contributed by atoms with Crippen molar-refractivity contribution in [3.8, 4) is 5.75 Å². The van der Waals surface area contributed by atoms with Crippen molar-refractivity contribution in [3.05, 3.63) is 51.2 Å². The van der Waals surface area contributed by atoms with Crippen LogP contribution in [0.15, 0.2) is 29.9 Å². The zero-order valence-electron chi connectivity index (χ0n) is 10.4. The Morgan fingerprint density at radius 2 is 2.24 bits per heavy atom. The molecule has 0 unspecified atom stereocenters. The van der Waals surface area contributed by atoms with Crippen LogP contribution in [-0.2, 0) is 6.61 Å². The second-order valence-corrected chi connectivity index (χ2v) is 5.90. The number of rotatable bonds is 4. The lowest BCUT2D eigenvalue weighted by molar-refractivity contribution is 0.0691. The number of aromatic carboxylic acids is 1. The summed E-state index contributed by atoms with van der Waals surface area (Å²) in [5.74, 6) is -1.06. The molecule has 0 spiro atoms. The number of carbonyl (C=O) groups is 1. The SMILES string of the molecule is O=C(O)c1cc(Cl)cc(Cl)c1OCc1cn2ccsc2n1. The standard InChI is InChI=1S/C13H8Cl2N2O3S/c14-7-3-9(12(18)19)11(10(15)4-7)20-6-8-5-17-1-2-21-13(17)16-8/h1-5H,6H2,(H,18,19). The molecule has 0 aliphatic rings. The quantitative estimate of drug-likeness (QED) is 0.778. The summed E-state index contributed by atoms with van der Waals surface area (Å²) in [6.45, 7) is 0.121. The highest BCUT2D eigenvalue weighted by molar-refractivity contribution is 7.15. The van der Waals surface area contributed by atoms with Crippen LogP contribution in [0.5, 0.6) is 5.75 Å². The maximum atomic E-state index is 11.2. The molecule has 5 nitrogen and oxygen atoms in total. The van der Waals surface area contributed by atoms with Crippen molar-refractivity contribution >= 4 is 45.5 Å². The second-order valence-electron chi connectivity index (χ2n) is 4.18. The van der Waals surface area contributed by atoms with E-state index in [0.29, 0.717) is 5.69 Å². The van der Waals surface area contributed by atoms with Crippen LogP contribution in [0, 0.1) is 0 Å². The van der Waals surface area contributed by atoms with E-state index in [9.17, 15) is 9.90 Å². The highest BCUT2D eigenvalue weighted by Crippen LogP contribution is 2.33. The topological polar surface area (TPSA) is 63.8 Å². The van der Waals surface area contributed by atoms with Crippen molar-refractivity contribution < 1.29 is 14.6 Å². The number of hydrogen-bond acceptors (Lipinski definition) is 4. The van der Waals surface area contributed by atoms with Gasteiger partial charge in [-0.2, -0.15) is 0 Å². The van der Waals surface area contributed by atoms with Crippen LogP contribution in [0.25, 0.3) is 4.96 Å². The number of imidazole rings is 1. The molecular formula is C13H8Cl2N2O3S. The van der Waals surface area contributed by atoms with E-state index in [2.05, 4.69) is 4.98 Å². The highest BCUT2D eigenvalue weighted by atomic mass is 35.5. The Morgan fingerprint density at radius 3 is 2.95 bits per heavy atom. The monoisotopic (exact) mass is 342 g/mol. The first-order valence-corrected chi connectivity index (χ1v) is 7.44. The van der Waals surface area contributed by atoms with Crippen LogP contribution < -0.4 is 4.74 Å². The number of carboxylic acids is 1. The maximum absolute atomic E-state index is 11.2. The van der Waals surface area contributed by atoms with Crippen molar-refractivity contribution in [2.24, 2.45) is 0 Å². The van der Waals surface area contributed by atoms with Crippen LogP contribution in [0.1, 0.15) is 16.1 Å². The van der Waals surface area contributed by atoms with E-state index in [-0.39, 0.29) is 28.0 Å². The molecule has 1 aromatic carbocycles. The van der Waals surface area contributed by atoms with Crippen molar-refractivity contribution in [1.82, 2.24) is 9.38 Å². The highest BCUT2D eigenvalue weighted by Gasteiger charge is 2.17. The van der Waals surface area contributed by atoms with Crippen LogP contribution in [-0.4, -0.2) is 20.5 Å². The predicted molar refractivity (Wildman–Crippen MR) is 80.8 cm³/mol. The van der Waals surface area contributed by atoms with Crippen LogP contribution in [0.3, 0.4) is 0 Å². The number of nitrogens with zero attached hydrogens (tertiary/aromatic N) is 2. The van der Waals surface area contributed by atoms with Gasteiger partial charge < -0.3 is 9.84 Å². The lowest BCUT2D eigenvalue weighted by atomic mass is 10.2. The molecule has 2 aromatic heterocycles. The molecule has 1 N–H and O–H groups in total. The van der Waals surface area contributed by atoms with E-state index in [1.165, 1.54) is 23.5 Å². The fraction of sp³-hybridized carbons (Fsp3) is 0.0769.